The molecule has 0 bridgehead atoms. The smallest absolute Gasteiger partial charge is 0.251 e. The maximum absolute atomic E-state index is 12.2. The number of fused-ring (bicyclic) bond motifs is 1. The molecule has 3 N–H and O–H groups in total. The minimum absolute atomic E-state index is 0.00340. The molecule has 2 aromatic rings. The van der Waals surface area contributed by atoms with E-state index < -0.39 is 0 Å². The van der Waals surface area contributed by atoms with Gasteiger partial charge in [0.15, 0.2) is 0 Å². The summed E-state index contributed by atoms with van der Waals surface area (Å²) in [6.45, 7) is 5.00. The van der Waals surface area contributed by atoms with E-state index in [9.17, 15) is 4.79 Å². The quantitative estimate of drug-likeness (QED) is 0.758. The molecular formula is C16H22N2O2. The van der Waals surface area contributed by atoms with E-state index in [0.29, 0.717) is 12.1 Å². The van der Waals surface area contributed by atoms with Crippen LogP contribution in [-0.4, -0.2) is 29.1 Å². The number of amides is 1. The Morgan fingerprint density at radius 2 is 2.15 bits per heavy atom. The zero-order valence-electron chi connectivity index (χ0n) is 12.1. The number of aliphatic hydroxyl groups is 1. The van der Waals surface area contributed by atoms with Gasteiger partial charge in [-0.1, -0.05) is 13.8 Å². The monoisotopic (exact) mass is 274 g/mol. The number of carbonyl (C=O) groups excluding carboxylic acids is 1. The van der Waals surface area contributed by atoms with Gasteiger partial charge in [0.1, 0.15) is 0 Å². The van der Waals surface area contributed by atoms with Crippen LogP contribution in [0.5, 0.6) is 0 Å². The molecule has 0 radical (unpaired) electrons. The van der Waals surface area contributed by atoms with Crippen molar-refractivity contribution >= 4 is 16.8 Å². The molecule has 1 heterocycles. The van der Waals surface area contributed by atoms with E-state index in [1.54, 1.807) is 0 Å². The van der Waals surface area contributed by atoms with Gasteiger partial charge in [-0.25, -0.2) is 0 Å². The number of aromatic amines is 1. The van der Waals surface area contributed by atoms with Crippen LogP contribution in [0.25, 0.3) is 10.9 Å². The van der Waals surface area contributed by atoms with Crippen molar-refractivity contribution < 1.29 is 9.90 Å². The fourth-order valence-corrected chi connectivity index (χ4v) is 2.26. The Bertz CT molecular complexity index is 587. The molecule has 0 aliphatic rings. The predicted molar refractivity (Wildman–Crippen MR) is 80.7 cm³/mol. The Kier molecular flexibility index (Phi) is 4.45. The van der Waals surface area contributed by atoms with Crippen molar-refractivity contribution in [2.24, 2.45) is 5.41 Å². The molecule has 108 valence electrons. The van der Waals surface area contributed by atoms with Crippen LogP contribution in [0.4, 0.5) is 0 Å². The van der Waals surface area contributed by atoms with E-state index in [1.165, 1.54) is 0 Å². The lowest BCUT2D eigenvalue weighted by atomic mass is 9.88. The normalized spacial score (nSPS) is 11.8. The Morgan fingerprint density at radius 3 is 2.90 bits per heavy atom. The highest BCUT2D eigenvalue weighted by Gasteiger charge is 2.18. The Morgan fingerprint density at radius 1 is 1.35 bits per heavy atom. The van der Waals surface area contributed by atoms with Crippen LogP contribution in [0, 0.1) is 5.41 Å². The summed E-state index contributed by atoms with van der Waals surface area (Å²) in [6, 6.07) is 7.59. The Labute approximate surface area is 119 Å². The number of hydrogen-bond acceptors (Lipinski definition) is 2. The Balaban J connectivity index is 1.97. The summed E-state index contributed by atoms with van der Waals surface area (Å²) in [7, 11) is 0. The number of aliphatic hydroxyl groups excluding tert-OH is 1. The summed E-state index contributed by atoms with van der Waals surface area (Å²) in [6.07, 6.45) is 3.52. The summed E-state index contributed by atoms with van der Waals surface area (Å²) in [5.41, 5.74) is 1.70. The van der Waals surface area contributed by atoms with Crippen molar-refractivity contribution in [3.63, 3.8) is 0 Å². The van der Waals surface area contributed by atoms with Crippen molar-refractivity contribution in [3.8, 4) is 0 Å². The molecule has 1 aromatic heterocycles. The molecule has 0 atom stereocenters. The number of nitrogens with one attached hydrogen (secondary N) is 2. The third-order valence-electron chi connectivity index (χ3n) is 3.55. The molecule has 4 nitrogen and oxygen atoms in total. The van der Waals surface area contributed by atoms with E-state index in [2.05, 4.69) is 24.1 Å². The highest BCUT2D eigenvalue weighted by Crippen LogP contribution is 2.21. The largest absolute Gasteiger partial charge is 0.396 e. The molecule has 0 saturated carbocycles. The predicted octanol–water partition coefficient (Wildman–Crippen LogP) is 2.70. The Hall–Kier alpha value is -1.81. The van der Waals surface area contributed by atoms with Crippen LogP contribution < -0.4 is 5.32 Å². The summed E-state index contributed by atoms with van der Waals surface area (Å²) in [4.78, 5) is 15.3. The van der Waals surface area contributed by atoms with Crippen molar-refractivity contribution in [3.05, 3.63) is 36.0 Å². The third kappa shape index (κ3) is 3.61. The molecule has 0 saturated heterocycles. The van der Waals surface area contributed by atoms with Gasteiger partial charge < -0.3 is 15.4 Å². The van der Waals surface area contributed by atoms with Gasteiger partial charge in [-0.05, 0) is 42.5 Å². The number of carbonyl (C=O) groups is 1. The standard InChI is InChI=1S/C16H22N2O2/c1-16(2,7-3-9-19)11-18-15(20)13-4-5-14-12(10-13)6-8-17-14/h4-6,8,10,17,19H,3,7,9,11H2,1-2H3,(H,18,20). The second kappa shape index (κ2) is 6.09. The number of rotatable bonds is 6. The number of hydrogen-bond donors (Lipinski definition) is 3. The van der Waals surface area contributed by atoms with Crippen molar-refractivity contribution in [1.82, 2.24) is 10.3 Å². The first-order valence-electron chi connectivity index (χ1n) is 6.98. The van der Waals surface area contributed by atoms with Gasteiger partial charge in [0.2, 0.25) is 0 Å². The molecule has 0 unspecified atom stereocenters. The van der Waals surface area contributed by atoms with Gasteiger partial charge in [-0.15, -0.1) is 0 Å². The van der Waals surface area contributed by atoms with Gasteiger partial charge in [0.25, 0.3) is 5.91 Å². The van der Waals surface area contributed by atoms with Gasteiger partial charge in [0.05, 0.1) is 0 Å². The molecule has 20 heavy (non-hydrogen) atoms. The lowest BCUT2D eigenvalue weighted by Gasteiger charge is -2.24. The van der Waals surface area contributed by atoms with E-state index in [0.717, 1.165) is 23.7 Å². The van der Waals surface area contributed by atoms with Crippen LogP contribution in [0.1, 0.15) is 37.0 Å². The average Bonchev–Trinajstić information content (AvgIpc) is 2.90. The minimum Gasteiger partial charge on any atom is -0.396 e. The van der Waals surface area contributed by atoms with Gasteiger partial charge in [-0.2, -0.15) is 0 Å². The molecule has 0 spiro atoms. The van der Waals surface area contributed by atoms with Crippen molar-refractivity contribution in [2.45, 2.75) is 26.7 Å². The van der Waals surface area contributed by atoms with Crippen LogP contribution in [0.15, 0.2) is 30.5 Å². The van der Waals surface area contributed by atoms with E-state index in [4.69, 9.17) is 5.11 Å². The first-order chi connectivity index (χ1) is 9.52. The fraction of sp³-hybridized carbons (Fsp3) is 0.438. The molecule has 0 aliphatic carbocycles. The summed E-state index contributed by atoms with van der Waals surface area (Å²) >= 11 is 0. The average molecular weight is 274 g/mol. The summed E-state index contributed by atoms with van der Waals surface area (Å²) < 4.78 is 0. The number of benzene rings is 1. The number of aromatic nitrogens is 1. The van der Waals surface area contributed by atoms with Crippen molar-refractivity contribution in [1.29, 1.82) is 0 Å². The van der Waals surface area contributed by atoms with Crippen LogP contribution in [-0.2, 0) is 0 Å². The maximum Gasteiger partial charge on any atom is 0.251 e. The maximum atomic E-state index is 12.2. The second-order valence-electron chi connectivity index (χ2n) is 5.95. The van der Waals surface area contributed by atoms with E-state index in [-0.39, 0.29) is 17.9 Å². The van der Waals surface area contributed by atoms with E-state index >= 15 is 0 Å². The van der Waals surface area contributed by atoms with E-state index in [1.807, 2.05) is 30.5 Å². The highest BCUT2D eigenvalue weighted by molar-refractivity contribution is 5.98. The molecule has 0 aliphatic heterocycles. The summed E-state index contributed by atoms with van der Waals surface area (Å²) in [5.74, 6) is -0.0508. The minimum atomic E-state index is -0.0508. The topological polar surface area (TPSA) is 65.1 Å². The van der Waals surface area contributed by atoms with Crippen molar-refractivity contribution in [2.75, 3.05) is 13.2 Å². The molecular weight excluding hydrogens is 252 g/mol. The van der Waals surface area contributed by atoms with Crippen LogP contribution >= 0.6 is 0 Å². The zero-order valence-corrected chi connectivity index (χ0v) is 12.1. The number of H-pyrrole nitrogens is 1. The molecule has 1 amide bonds. The van der Waals surface area contributed by atoms with Gasteiger partial charge in [0, 0.05) is 35.8 Å². The van der Waals surface area contributed by atoms with Gasteiger partial charge in [-0.3, -0.25) is 4.79 Å². The van der Waals surface area contributed by atoms with Crippen LogP contribution in [0.3, 0.4) is 0 Å². The summed E-state index contributed by atoms with van der Waals surface area (Å²) in [5, 5.41) is 12.9. The lowest BCUT2D eigenvalue weighted by Crippen LogP contribution is -2.34. The first kappa shape index (κ1) is 14.6. The fourth-order valence-electron chi connectivity index (χ4n) is 2.26. The molecule has 4 heteroatoms. The van der Waals surface area contributed by atoms with Crippen LogP contribution in [0.2, 0.25) is 0 Å². The lowest BCUT2D eigenvalue weighted by molar-refractivity contribution is 0.0933. The van der Waals surface area contributed by atoms with Gasteiger partial charge >= 0.3 is 0 Å². The highest BCUT2D eigenvalue weighted by atomic mass is 16.2. The molecule has 1 aromatic carbocycles. The molecule has 0 fully saturated rings. The third-order valence-corrected chi connectivity index (χ3v) is 3.55. The first-order valence-corrected chi connectivity index (χ1v) is 6.98. The zero-order chi connectivity index (χ0) is 14.6. The SMILES string of the molecule is CC(C)(CCCO)CNC(=O)c1ccc2[nH]ccc2c1. The second-order valence-corrected chi connectivity index (χ2v) is 5.95. The molecule has 2 rings (SSSR count).